The first kappa shape index (κ1) is 14.1. The molecule has 0 spiro atoms. The van der Waals surface area contributed by atoms with Gasteiger partial charge in [0.15, 0.2) is 0 Å². The summed E-state index contributed by atoms with van der Waals surface area (Å²) in [5.41, 5.74) is 0. The Bertz CT molecular complexity index is 162. The van der Waals surface area contributed by atoms with E-state index >= 15 is 0 Å². The van der Waals surface area contributed by atoms with Gasteiger partial charge in [-0.25, -0.2) is 0 Å². The molecule has 0 unspecified atom stereocenters. The Morgan fingerprint density at radius 3 is 2.43 bits per heavy atom. The second-order valence-electron chi connectivity index (χ2n) is 3.45. The van der Waals surface area contributed by atoms with Crippen molar-refractivity contribution in [2.45, 2.75) is 44.4 Å². The van der Waals surface area contributed by atoms with Crippen LogP contribution < -0.4 is 0 Å². The lowest BCUT2D eigenvalue weighted by atomic mass is 9.98. The van der Waals surface area contributed by atoms with Gasteiger partial charge >= 0.3 is 5.97 Å². The molecule has 4 heteroatoms. The quantitative estimate of drug-likeness (QED) is 0.660. The number of aliphatic carboxylic acids is 1. The average molecular weight is 241 g/mol. The third kappa shape index (κ3) is 6.50. The predicted molar refractivity (Wildman–Crippen MR) is 60.2 cm³/mol. The molecule has 0 saturated heterocycles. The van der Waals surface area contributed by atoms with Gasteiger partial charge in [0.05, 0.1) is 5.92 Å². The fourth-order valence-electron chi connectivity index (χ4n) is 1.35. The van der Waals surface area contributed by atoms with Gasteiger partial charge in [-0.05, 0) is 25.7 Å². The van der Waals surface area contributed by atoms with E-state index in [4.69, 9.17) is 28.3 Å². The molecule has 0 amide bonds. The zero-order chi connectivity index (χ0) is 11.0. The maximum Gasteiger partial charge on any atom is 0.306 e. The van der Waals surface area contributed by atoms with Gasteiger partial charge in [0.2, 0.25) is 0 Å². The van der Waals surface area contributed by atoms with Crippen molar-refractivity contribution < 1.29 is 9.90 Å². The van der Waals surface area contributed by atoms with Gasteiger partial charge in [-0.15, -0.1) is 23.2 Å². The molecule has 0 heterocycles. The number of carboxylic acid groups (broad SMARTS) is 1. The lowest BCUT2D eigenvalue weighted by Crippen LogP contribution is -2.13. The number of carbonyl (C=O) groups is 1. The Labute approximate surface area is 95.6 Å². The number of hydrogen-bond acceptors (Lipinski definition) is 1. The zero-order valence-corrected chi connectivity index (χ0v) is 10.0. The molecule has 0 aromatic rings. The predicted octanol–water partition coefficient (Wildman–Crippen LogP) is 3.50. The van der Waals surface area contributed by atoms with Gasteiger partial charge in [0, 0.05) is 11.3 Å². The number of hydrogen-bond donors (Lipinski definition) is 1. The van der Waals surface area contributed by atoms with E-state index < -0.39 is 5.97 Å². The first-order valence-corrected chi connectivity index (χ1v) is 6.01. The zero-order valence-electron chi connectivity index (χ0n) is 8.51. The first-order chi connectivity index (χ1) is 6.61. The maximum atomic E-state index is 10.7. The topological polar surface area (TPSA) is 37.3 Å². The lowest BCUT2D eigenvalue weighted by molar-refractivity contribution is -0.142. The summed E-state index contributed by atoms with van der Waals surface area (Å²) in [7, 11) is 0. The molecule has 14 heavy (non-hydrogen) atoms. The summed E-state index contributed by atoms with van der Waals surface area (Å²) in [6.07, 6.45) is 3.94. The molecule has 1 N–H and O–H groups in total. The van der Waals surface area contributed by atoms with E-state index in [0.29, 0.717) is 12.3 Å². The van der Waals surface area contributed by atoms with Crippen molar-refractivity contribution in [2.24, 2.45) is 5.92 Å². The van der Waals surface area contributed by atoms with Crippen LogP contribution in [0.3, 0.4) is 0 Å². The molecule has 0 radical (unpaired) electrons. The average Bonchev–Trinajstić information content (AvgIpc) is 2.12. The standard InChI is InChI=1S/C10H18Cl2O2/c1-2-8(10(13)14)4-3-5-9(12)6-7-11/h8-9H,2-7H2,1H3,(H,13,14)/t8-,9+/m1/s1. The summed E-state index contributed by atoms with van der Waals surface area (Å²) in [5.74, 6) is -0.338. The molecule has 0 aliphatic heterocycles. The monoisotopic (exact) mass is 240 g/mol. The van der Waals surface area contributed by atoms with E-state index in [1.165, 1.54) is 0 Å². The van der Waals surface area contributed by atoms with Crippen LogP contribution in [0.4, 0.5) is 0 Å². The molecule has 0 aromatic carbocycles. The second-order valence-corrected chi connectivity index (χ2v) is 4.44. The van der Waals surface area contributed by atoms with Crippen molar-refractivity contribution in [1.82, 2.24) is 0 Å². The Kier molecular flexibility index (Phi) is 8.40. The molecule has 2 nitrogen and oxygen atoms in total. The van der Waals surface area contributed by atoms with E-state index in [1.807, 2.05) is 6.92 Å². The summed E-state index contributed by atoms with van der Waals surface area (Å²) in [6.45, 7) is 1.90. The highest BCUT2D eigenvalue weighted by Gasteiger charge is 2.14. The van der Waals surface area contributed by atoms with E-state index in [0.717, 1.165) is 25.7 Å². The minimum Gasteiger partial charge on any atom is -0.481 e. The number of carboxylic acids is 1. The van der Waals surface area contributed by atoms with Crippen molar-refractivity contribution in [3.05, 3.63) is 0 Å². The normalized spacial score (nSPS) is 15.1. The van der Waals surface area contributed by atoms with Crippen LogP contribution in [-0.4, -0.2) is 22.3 Å². The van der Waals surface area contributed by atoms with Crippen LogP contribution in [0.2, 0.25) is 0 Å². The molecule has 0 aliphatic carbocycles. The van der Waals surface area contributed by atoms with Crippen molar-refractivity contribution in [1.29, 1.82) is 0 Å². The Morgan fingerprint density at radius 1 is 1.36 bits per heavy atom. The van der Waals surface area contributed by atoms with Crippen LogP contribution in [0.25, 0.3) is 0 Å². The lowest BCUT2D eigenvalue weighted by Gasteiger charge is -2.11. The molecule has 0 rings (SSSR count). The minimum absolute atomic E-state index is 0.0961. The van der Waals surface area contributed by atoms with Gasteiger partial charge in [-0.1, -0.05) is 13.3 Å². The number of alkyl halides is 2. The van der Waals surface area contributed by atoms with Crippen LogP contribution in [0, 0.1) is 5.92 Å². The largest absolute Gasteiger partial charge is 0.481 e. The Morgan fingerprint density at radius 2 is 2.00 bits per heavy atom. The number of halogens is 2. The SMILES string of the molecule is CC[C@H](CCC[C@H](Cl)CCCl)C(=O)O. The van der Waals surface area contributed by atoms with Gasteiger partial charge in [0.25, 0.3) is 0 Å². The van der Waals surface area contributed by atoms with E-state index in [1.54, 1.807) is 0 Å². The Balaban J connectivity index is 3.55. The second kappa shape index (κ2) is 8.37. The van der Waals surface area contributed by atoms with Crippen LogP contribution >= 0.6 is 23.2 Å². The summed E-state index contributed by atoms with van der Waals surface area (Å²) >= 11 is 11.5. The highest BCUT2D eigenvalue weighted by atomic mass is 35.5. The van der Waals surface area contributed by atoms with E-state index in [9.17, 15) is 4.79 Å². The summed E-state index contributed by atoms with van der Waals surface area (Å²) in [6, 6.07) is 0. The molecular weight excluding hydrogens is 223 g/mol. The highest BCUT2D eigenvalue weighted by Crippen LogP contribution is 2.17. The third-order valence-electron chi connectivity index (χ3n) is 2.33. The molecule has 84 valence electrons. The smallest absolute Gasteiger partial charge is 0.306 e. The van der Waals surface area contributed by atoms with Crippen molar-refractivity contribution in [2.75, 3.05) is 5.88 Å². The van der Waals surface area contributed by atoms with Crippen LogP contribution in [0.5, 0.6) is 0 Å². The Hall–Kier alpha value is 0.0500. The van der Waals surface area contributed by atoms with E-state index in [2.05, 4.69) is 0 Å². The summed E-state index contributed by atoms with van der Waals surface area (Å²) < 4.78 is 0. The molecule has 0 fully saturated rings. The maximum absolute atomic E-state index is 10.7. The fraction of sp³-hybridized carbons (Fsp3) is 0.900. The third-order valence-corrected chi connectivity index (χ3v) is 2.99. The molecule has 0 saturated carbocycles. The molecular formula is C10H18Cl2O2. The molecule has 0 bridgehead atoms. The fourth-order valence-corrected chi connectivity index (χ4v) is 1.99. The molecule has 2 atom stereocenters. The van der Waals surface area contributed by atoms with Crippen LogP contribution in [0.15, 0.2) is 0 Å². The van der Waals surface area contributed by atoms with E-state index in [-0.39, 0.29) is 11.3 Å². The van der Waals surface area contributed by atoms with Gasteiger partial charge < -0.3 is 5.11 Å². The van der Waals surface area contributed by atoms with Gasteiger partial charge in [-0.2, -0.15) is 0 Å². The highest BCUT2D eigenvalue weighted by molar-refractivity contribution is 6.22. The molecule has 0 aromatic heterocycles. The van der Waals surface area contributed by atoms with Gasteiger partial charge in [0.1, 0.15) is 0 Å². The number of rotatable bonds is 8. The van der Waals surface area contributed by atoms with Crippen LogP contribution in [0.1, 0.15) is 39.0 Å². The summed E-state index contributed by atoms with van der Waals surface area (Å²) in [5, 5.41) is 8.88. The van der Waals surface area contributed by atoms with Crippen molar-refractivity contribution in [3.8, 4) is 0 Å². The first-order valence-electron chi connectivity index (χ1n) is 5.04. The minimum atomic E-state index is -0.698. The molecule has 0 aliphatic rings. The van der Waals surface area contributed by atoms with Crippen LogP contribution in [-0.2, 0) is 4.79 Å². The van der Waals surface area contributed by atoms with Crippen molar-refractivity contribution >= 4 is 29.2 Å². The van der Waals surface area contributed by atoms with Gasteiger partial charge in [-0.3, -0.25) is 4.79 Å². The summed E-state index contributed by atoms with van der Waals surface area (Å²) in [4.78, 5) is 10.7. The van der Waals surface area contributed by atoms with Crippen molar-refractivity contribution in [3.63, 3.8) is 0 Å².